The van der Waals surface area contributed by atoms with Gasteiger partial charge in [0.15, 0.2) is 6.61 Å². The summed E-state index contributed by atoms with van der Waals surface area (Å²) in [5.74, 6) is -0.107. The monoisotopic (exact) mass is 423 g/mol. The van der Waals surface area contributed by atoms with Crippen molar-refractivity contribution in [1.82, 2.24) is 9.88 Å². The summed E-state index contributed by atoms with van der Waals surface area (Å²) in [5, 5.41) is 12.7. The lowest BCUT2D eigenvalue weighted by atomic mass is 9.96. The van der Waals surface area contributed by atoms with Gasteiger partial charge < -0.3 is 25.5 Å². The largest absolute Gasteiger partial charge is 0.484 e. The molecule has 0 spiro atoms. The average molecular weight is 423 g/mol. The Morgan fingerprint density at radius 2 is 1.84 bits per heavy atom. The first kappa shape index (κ1) is 21.9. The maximum absolute atomic E-state index is 13.4. The van der Waals surface area contributed by atoms with Gasteiger partial charge in [-0.05, 0) is 35.1 Å². The van der Waals surface area contributed by atoms with E-state index < -0.39 is 12.0 Å². The Labute approximate surface area is 179 Å². The molecule has 2 amide bonds. The molecule has 4 N–H and O–H groups in total. The molecule has 0 unspecified atom stereocenters. The highest BCUT2D eigenvalue weighted by Crippen LogP contribution is 2.32. The standard InChI is InChI=1S/C23H25N3O5/c1-14(2)12-26-19(11-25-23(29)30)21(15-6-4-3-5-7-15)17-9-8-16(31-13-20(24)27)10-18(17)22(26)28/h3-10,14,25H,11-13H2,1-2H3,(H2,24,27)(H,29,30). The number of carboxylic acid groups (broad SMARTS) is 1. The Morgan fingerprint density at radius 1 is 1.13 bits per heavy atom. The molecule has 1 aromatic heterocycles. The van der Waals surface area contributed by atoms with E-state index in [0.717, 1.165) is 11.1 Å². The molecule has 8 nitrogen and oxygen atoms in total. The van der Waals surface area contributed by atoms with Gasteiger partial charge >= 0.3 is 6.09 Å². The van der Waals surface area contributed by atoms with Crippen LogP contribution in [0, 0.1) is 5.92 Å². The molecule has 0 atom stereocenters. The lowest BCUT2D eigenvalue weighted by molar-refractivity contribution is -0.119. The predicted molar refractivity (Wildman–Crippen MR) is 118 cm³/mol. The van der Waals surface area contributed by atoms with Crippen LogP contribution < -0.4 is 21.3 Å². The number of benzene rings is 2. The maximum atomic E-state index is 13.4. The van der Waals surface area contributed by atoms with E-state index in [0.29, 0.717) is 28.8 Å². The molecule has 31 heavy (non-hydrogen) atoms. The van der Waals surface area contributed by atoms with Crippen LogP contribution in [0.2, 0.25) is 0 Å². The van der Waals surface area contributed by atoms with Crippen molar-refractivity contribution < 1.29 is 19.4 Å². The van der Waals surface area contributed by atoms with Gasteiger partial charge in [-0.25, -0.2) is 4.79 Å². The van der Waals surface area contributed by atoms with Crippen molar-refractivity contribution in [2.45, 2.75) is 26.9 Å². The molecule has 1 heterocycles. The van der Waals surface area contributed by atoms with Gasteiger partial charge in [0.25, 0.3) is 11.5 Å². The Balaban J connectivity index is 2.33. The number of hydrogen-bond donors (Lipinski definition) is 3. The molecule has 8 heteroatoms. The van der Waals surface area contributed by atoms with Crippen LogP contribution in [0.15, 0.2) is 53.3 Å². The van der Waals surface area contributed by atoms with Gasteiger partial charge in [0.2, 0.25) is 0 Å². The van der Waals surface area contributed by atoms with Crippen molar-refractivity contribution in [1.29, 1.82) is 0 Å². The molecule has 0 aliphatic heterocycles. The lowest BCUT2D eigenvalue weighted by Gasteiger charge is -2.21. The Hall–Kier alpha value is -3.81. The summed E-state index contributed by atoms with van der Waals surface area (Å²) in [6.07, 6.45) is -1.17. The van der Waals surface area contributed by atoms with E-state index in [1.165, 1.54) is 0 Å². The van der Waals surface area contributed by atoms with Crippen LogP contribution in [0.5, 0.6) is 5.75 Å². The molecule has 0 bridgehead atoms. The molecular formula is C23H25N3O5. The zero-order chi connectivity index (χ0) is 22.5. The number of amides is 2. The molecule has 0 aliphatic carbocycles. The van der Waals surface area contributed by atoms with Crippen LogP contribution >= 0.6 is 0 Å². The van der Waals surface area contributed by atoms with Crippen molar-refractivity contribution in [3.8, 4) is 16.9 Å². The van der Waals surface area contributed by atoms with Gasteiger partial charge in [-0.2, -0.15) is 0 Å². The first-order chi connectivity index (χ1) is 14.8. The van der Waals surface area contributed by atoms with Gasteiger partial charge in [-0.3, -0.25) is 9.59 Å². The van der Waals surface area contributed by atoms with E-state index in [2.05, 4.69) is 5.32 Å². The second-order valence-corrected chi connectivity index (χ2v) is 7.62. The van der Waals surface area contributed by atoms with Crippen molar-refractivity contribution >= 4 is 22.8 Å². The van der Waals surface area contributed by atoms with Crippen LogP contribution in [-0.4, -0.2) is 28.3 Å². The zero-order valence-corrected chi connectivity index (χ0v) is 17.4. The van der Waals surface area contributed by atoms with Gasteiger partial charge in [0, 0.05) is 17.8 Å². The minimum atomic E-state index is -1.17. The quantitative estimate of drug-likeness (QED) is 0.514. The minimum absolute atomic E-state index is 0.0165. The molecule has 3 aromatic rings. The maximum Gasteiger partial charge on any atom is 0.404 e. The summed E-state index contributed by atoms with van der Waals surface area (Å²) in [7, 11) is 0. The third-order valence-electron chi connectivity index (χ3n) is 4.75. The number of nitrogens with one attached hydrogen (secondary N) is 1. The van der Waals surface area contributed by atoms with Crippen molar-refractivity contribution in [3.63, 3.8) is 0 Å². The highest BCUT2D eigenvalue weighted by atomic mass is 16.5. The molecule has 0 saturated carbocycles. The number of nitrogens with zero attached hydrogens (tertiary/aromatic N) is 1. The minimum Gasteiger partial charge on any atom is -0.484 e. The summed E-state index contributed by atoms with van der Waals surface area (Å²) >= 11 is 0. The molecule has 0 radical (unpaired) electrons. The van der Waals surface area contributed by atoms with E-state index >= 15 is 0 Å². The van der Waals surface area contributed by atoms with E-state index in [-0.39, 0.29) is 24.6 Å². The third-order valence-corrected chi connectivity index (χ3v) is 4.75. The number of carbonyl (C=O) groups excluding carboxylic acids is 1. The number of aromatic nitrogens is 1. The lowest BCUT2D eigenvalue weighted by Crippen LogP contribution is -2.31. The highest BCUT2D eigenvalue weighted by Gasteiger charge is 2.20. The molecule has 3 rings (SSSR count). The fraction of sp³-hybridized carbons (Fsp3) is 0.261. The number of nitrogens with two attached hydrogens (primary N) is 1. The number of ether oxygens (including phenoxy) is 1. The Kier molecular flexibility index (Phi) is 6.59. The van der Waals surface area contributed by atoms with E-state index in [1.54, 1.807) is 22.8 Å². The number of carbonyl (C=O) groups is 2. The third kappa shape index (κ3) is 5.03. The molecule has 0 fully saturated rings. The van der Waals surface area contributed by atoms with Gasteiger partial charge in [0.1, 0.15) is 5.75 Å². The van der Waals surface area contributed by atoms with E-state index in [1.807, 2.05) is 44.2 Å². The first-order valence-corrected chi connectivity index (χ1v) is 9.90. The highest BCUT2D eigenvalue weighted by molar-refractivity contribution is 5.98. The second kappa shape index (κ2) is 9.34. The van der Waals surface area contributed by atoms with Crippen LogP contribution in [0.3, 0.4) is 0 Å². The number of hydrogen-bond acceptors (Lipinski definition) is 4. The van der Waals surface area contributed by atoms with Gasteiger partial charge in [-0.1, -0.05) is 44.2 Å². The van der Waals surface area contributed by atoms with Crippen LogP contribution in [0.1, 0.15) is 19.5 Å². The fourth-order valence-electron chi connectivity index (χ4n) is 3.55. The molecule has 162 valence electrons. The van der Waals surface area contributed by atoms with Crippen LogP contribution in [0.4, 0.5) is 4.79 Å². The smallest absolute Gasteiger partial charge is 0.404 e. The van der Waals surface area contributed by atoms with Crippen LogP contribution in [0.25, 0.3) is 21.9 Å². The zero-order valence-electron chi connectivity index (χ0n) is 17.4. The van der Waals surface area contributed by atoms with E-state index in [4.69, 9.17) is 10.5 Å². The summed E-state index contributed by atoms with van der Waals surface area (Å²) in [5.41, 5.74) is 7.12. The fourth-order valence-corrected chi connectivity index (χ4v) is 3.55. The molecular weight excluding hydrogens is 398 g/mol. The number of rotatable bonds is 8. The van der Waals surface area contributed by atoms with Gasteiger partial charge in [0.05, 0.1) is 11.9 Å². The summed E-state index contributed by atoms with van der Waals surface area (Å²) in [6.45, 7) is 4.08. The summed E-state index contributed by atoms with van der Waals surface area (Å²) in [6, 6.07) is 14.5. The Bertz CT molecular complexity index is 1170. The number of pyridine rings is 1. The number of fused-ring (bicyclic) bond motifs is 1. The van der Waals surface area contributed by atoms with Crippen molar-refractivity contribution in [2.75, 3.05) is 6.61 Å². The van der Waals surface area contributed by atoms with Crippen molar-refractivity contribution in [2.24, 2.45) is 11.7 Å². The summed E-state index contributed by atoms with van der Waals surface area (Å²) < 4.78 is 7.01. The van der Waals surface area contributed by atoms with Gasteiger partial charge in [-0.15, -0.1) is 0 Å². The normalized spacial score (nSPS) is 10.9. The number of primary amides is 1. The first-order valence-electron chi connectivity index (χ1n) is 9.90. The molecule has 0 aliphatic rings. The van der Waals surface area contributed by atoms with Crippen LogP contribution in [-0.2, 0) is 17.9 Å². The van der Waals surface area contributed by atoms with Crippen molar-refractivity contribution in [3.05, 3.63) is 64.6 Å². The molecule has 0 saturated heterocycles. The average Bonchev–Trinajstić information content (AvgIpc) is 2.73. The SMILES string of the molecule is CC(C)Cn1c(CNC(=O)O)c(-c2ccccc2)c2ccc(OCC(N)=O)cc2c1=O. The van der Waals surface area contributed by atoms with E-state index in [9.17, 15) is 19.5 Å². The molecule has 2 aromatic carbocycles. The second-order valence-electron chi connectivity index (χ2n) is 7.62. The Morgan fingerprint density at radius 3 is 2.45 bits per heavy atom. The topological polar surface area (TPSA) is 124 Å². The summed E-state index contributed by atoms with van der Waals surface area (Å²) in [4.78, 5) is 35.7. The predicted octanol–water partition coefficient (Wildman–Crippen LogP) is 2.96.